The van der Waals surface area contributed by atoms with Gasteiger partial charge in [-0.2, -0.15) is 11.8 Å². The van der Waals surface area contributed by atoms with E-state index in [-0.39, 0.29) is 11.9 Å². The highest BCUT2D eigenvalue weighted by atomic mass is 32.2. The highest BCUT2D eigenvalue weighted by molar-refractivity contribution is 7.98. The molecular weight excluding hydrogens is 212 g/mol. The van der Waals surface area contributed by atoms with Crippen molar-refractivity contribution in [2.24, 2.45) is 0 Å². The molecule has 1 amide bonds. The van der Waals surface area contributed by atoms with Gasteiger partial charge in [0.2, 0.25) is 12.2 Å². The fraction of sp³-hybridized carbons (Fsp3) is 0.800. The largest absolute Gasteiger partial charge is 0.344 e. The van der Waals surface area contributed by atoms with Gasteiger partial charge in [-0.25, -0.2) is 0 Å². The van der Waals surface area contributed by atoms with Crippen LogP contribution in [-0.4, -0.2) is 42.8 Å². The summed E-state index contributed by atoms with van der Waals surface area (Å²) in [7, 11) is 0. The Bertz CT molecular complexity index is 217. The van der Waals surface area contributed by atoms with Gasteiger partial charge in [-0.3, -0.25) is 9.59 Å². The van der Waals surface area contributed by atoms with Gasteiger partial charge in [-0.05, 0) is 37.8 Å². The molecule has 4 nitrogen and oxygen atoms in total. The van der Waals surface area contributed by atoms with E-state index >= 15 is 0 Å². The average molecular weight is 229 g/mol. The molecule has 1 aliphatic rings. The Balaban J connectivity index is 2.29. The van der Waals surface area contributed by atoms with Gasteiger partial charge in [0.15, 0.2) is 0 Å². The lowest BCUT2D eigenvalue weighted by Gasteiger charge is -2.15. The zero-order valence-corrected chi connectivity index (χ0v) is 9.73. The Hall–Kier alpha value is -0.550. The third-order valence-electron chi connectivity index (χ3n) is 2.45. The van der Waals surface area contributed by atoms with E-state index in [1.807, 2.05) is 12.5 Å². The second kappa shape index (κ2) is 6.85. The van der Waals surface area contributed by atoms with E-state index in [2.05, 4.69) is 10.6 Å². The zero-order chi connectivity index (χ0) is 11.1. The minimum Gasteiger partial charge on any atom is -0.344 e. The molecule has 5 heteroatoms. The maximum Gasteiger partial charge on any atom is 0.237 e. The van der Waals surface area contributed by atoms with Crippen molar-refractivity contribution in [2.75, 3.05) is 18.6 Å². The summed E-state index contributed by atoms with van der Waals surface area (Å²) in [5.41, 5.74) is 0. The van der Waals surface area contributed by atoms with Crippen LogP contribution in [0.4, 0.5) is 0 Å². The minimum atomic E-state index is -0.452. The summed E-state index contributed by atoms with van der Waals surface area (Å²) in [4.78, 5) is 22.2. The number of amides is 1. The Morgan fingerprint density at radius 2 is 2.53 bits per heavy atom. The normalized spacial score (nSPS) is 22.3. The van der Waals surface area contributed by atoms with E-state index < -0.39 is 6.04 Å². The first-order valence-electron chi connectivity index (χ1n) is 5.18. The van der Waals surface area contributed by atoms with Crippen LogP contribution in [0.2, 0.25) is 0 Å². The summed E-state index contributed by atoms with van der Waals surface area (Å²) in [6.45, 7) is 0.887. The third kappa shape index (κ3) is 4.22. The molecule has 1 rings (SSSR count). The van der Waals surface area contributed by atoms with Crippen molar-refractivity contribution >= 4 is 24.0 Å². The van der Waals surface area contributed by atoms with Crippen molar-refractivity contribution in [3.63, 3.8) is 0 Å². The van der Waals surface area contributed by atoms with Crippen molar-refractivity contribution < 1.29 is 9.59 Å². The fourth-order valence-corrected chi connectivity index (χ4v) is 2.05. The molecule has 0 aliphatic carbocycles. The molecule has 0 spiro atoms. The smallest absolute Gasteiger partial charge is 0.237 e. The number of thioether (sulfide) groups is 1. The number of carbonyl (C=O) groups excluding carboxylic acids is 2. The van der Waals surface area contributed by atoms with E-state index in [1.165, 1.54) is 0 Å². The molecule has 0 bridgehead atoms. The molecule has 0 unspecified atom stereocenters. The van der Waals surface area contributed by atoms with Crippen LogP contribution in [0.3, 0.4) is 0 Å². The van der Waals surface area contributed by atoms with Gasteiger partial charge in [-0.1, -0.05) is 0 Å². The van der Waals surface area contributed by atoms with Gasteiger partial charge in [0.1, 0.15) is 0 Å². The predicted molar refractivity (Wildman–Crippen MR) is 61.6 cm³/mol. The van der Waals surface area contributed by atoms with E-state index in [0.717, 1.165) is 25.1 Å². The molecule has 1 aliphatic heterocycles. The number of carbonyl (C=O) groups is 1. The monoisotopic (exact) mass is 229 g/mol. The predicted octanol–water partition coefficient (Wildman–Crippen LogP) is 0.0860. The number of nitrogens with one attached hydrogen (secondary N) is 2. The molecule has 0 saturated carbocycles. The SMILES string of the molecule is CSCC[C@@H]([C]=O)NC(=O)[C@@H]1CCCN1. The van der Waals surface area contributed by atoms with Crippen molar-refractivity contribution in [3.8, 4) is 0 Å². The molecule has 1 saturated heterocycles. The summed E-state index contributed by atoms with van der Waals surface area (Å²) in [5, 5.41) is 5.80. The van der Waals surface area contributed by atoms with Gasteiger partial charge in [0.05, 0.1) is 12.1 Å². The summed E-state index contributed by atoms with van der Waals surface area (Å²) in [6, 6.07) is -0.567. The van der Waals surface area contributed by atoms with Crippen LogP contribution in [0.15, 0.2) is 0 Å². The molecule has 1 fully saturated rings. The molecule has 0 aromatic rings. The van der Waals surface area contributed by atoms with Crippen molar-refractivity contribution in [1.29, 1.82) is 0 Å². The maximum absolute atomic E-state index is 11.6. The highest BCUT2D eigenvalue weighted by Gasteiger charge is 2.23. The quantitative estimate of drug-likeness (QED) is 0.677. The van der Waals surface area contributed by atoms with Gasteiger partial charge >= 0.3 is 0 Å². The molecule has 1 radical (unpaired) electrons. The average Bonchev–Trinajstić information content (AvgIpc) is 2.77. The maximum atomic E-state index is 11.6. The molecule has 1 heterocycles. The summed E-state index contributed by atoms with van der Waals surface area (Å²) in [5.74, 6) is 0.792. The lowest BCUT2D eigenvalue weighted by molar-refractivity contribution is -0.123. The third-order valence-corrected chi connectivity index (χ3v) is 3.09. The van der Waals surface area contributed by atoms with Gasteiger partial charge in [0, 0.05) is 0 Å². The number of hydrogen-bond acceptors (Lipinski definition) is 4. The van der Waals surface area contributed by atoms with Crippen molar-refractivity contribution in [2.45, 2.75) is 31.3 Å². The Labute approximate surface area is 94.6 Å². The molecule has 2 N–H and O–H groups in total. The van der Waals surface area contributed by atoms with Crippen LogP contribution in [0.5, 0.6) is 0 Å². The first-order valence-corrected chi connectivity index (χ1v) is 6.57. The molecule has 2 atom stereocenters. The minimum absolute atomic E-state index is 0.0676. The summed E-state index contributed by atoms with van der Waals surface area (Å²) >= 11 is 1.66. The molecular formula is C10H17N2O2S. The molecule has 85 valence electrons. The summed E-state index contributed by atoms with van der Waals surface area (Å²) in [6.07, 6.45) is 6.39. The first-order chi connectivity index (χ1) is 7.27. The van der Waals surface area contributed by atoms with Crippen LogP contribution in [0.25, 0.3) is 0 Å². The van der Waals surface area contributed by atoms with Gasteiger partial charge in [-0.15, -0.1) is 0 Å². The van der Waals surface area contributed by atoms with E-state index in [4.69, 9.17) is 0 Å². The fourth-order valence-electron chi connectivity index (χ4n) is 1.58. The van der Waals surface area contributed by atoms with Crippen molar-refractivity contribution in [1.82, 2.24) is 10.6 Å². The van der Waals surface area contributed by atoms with Crippen LogP contribution >= 0.6 is 11.8 Å². The highest BCUT2D eigenvalue weighted by Crippen LogP contribution is 2.06. The zero-order valence-electron chi connectivity index (χ0n) is 8.91. The van der Waals surface area contributed by atoms with Crippen LogP contribution in [0.1, 0.15) is 19.3 Å². The lowest BCUT2D eigenvalue weighted by atomic mass is 10.2. The lowest BCUT2D eigenvalue weighted by Crippen LogP contribution is -2.46. The summed E-state index contributed by atoms with van der Waals surface area (Å²) < 4.78 is 0. The van der Waals surface area contributed by atoms with Crippen LogP contribution in [-0.2, 0) is 9.59 Å². The topological polar surface area (TPSA) is 58.2 Å². The first kappa shape index (κ1) is 12.5. The molecule has 0 aromatic carbocycles. The van der Waals surface area contributed by atoms with Gasteiger partial charge < -0.3 is 10.6 Å². The Morgan fingerprint density at radius 1 is 1.73 bits per heavy atom. The van der Waals surface area contributed by atoms with Gasteiger partial charge in [0.25, 0.3) is 0 Å². The van der Waals surface area contributed by atoms with Crippen LogP contribution in [0, 0.1) is 0 Å². The number of rotatable bonds is 6. The van der Waals surface area contributed by atoms with E-state index in [1.54, 1.807) is 11.8 Å². The Kier molecular flexibility index (Phi) is 5.71. The van der Waals surface area contributed by atoms with Crippen molar-refractivity contribution in [3.05, 3.63) is 0 Å². The molecule has 15 heavy (non-hydrogen) atoms. The second-order valence-corrected chi connectivity index (χ2v) is 4.60. The number of hydrogen-bond donors (Lipinski definition) is 2. The Morgan fingerprint density at radius 3 is 3.07 bits per heavy atom. The van der Waals surface area contributed by atoms with Crippen LogP contribution < -0.4 is 10.6 Å². The standard InChI is InChI=1S/C10H17N2O2S/c1-15-6-4-8(7-13)12-10(14)9-3-2-5-11-9/h8-9,11H,2-6H2,1H3,(H,12,14)/t8-,9-/m0/s1. The second-order valence-electron chi connectivity index (χ2n) is 3.61. The molecule has 0 aromatic heterocycles. The van der Waals surface area contributed by atoms with E-state index in [0.29, 0.717) is 6.42 Å². The van der Waals surface area contributed by atoms with E-state index in [9.17, 15) is 9.59 Å².